The number of nitrogens with one attached hydrogen (secondary N) is 2. The standard InChI is InChI=1S/C22H18N4O4S2/c1-2-30-20(29)14-8-9-15-17(10-14)32-22(23-15)26-19(28)12-31-21-24-16(11-18(27)25-21)13-6-4-3-5-7-13/h3-11H,2,12H2,1H3,(H,23,26,28)(H,24,25,27). The zero-order chi connectivity index (χ0) is 22.5. The summed E-state index contributed by atoms with van der Waals surface area (Å²) in [6.45, 7) is 2.05. The number of hydrogen-bond acceptors (Lipinski definition) is 8. The number of rotatable bonds is 7. The number of anilines is 1. The van der Waals surface area contributed by atoms with Crippen LogP contribution < -0.4 is 10.9 Å². The number of carbonyl (C=O) groups is 2. The molecule has 0 aliphatic rings. The third-order valence-corrected chi connectivity index (χ3v) is 6.08. The maximum atomic E-state index is 12.4. The van der Waals surface area contributed by atoms with Crippen LogP contribution in [0.15, 0.2) is 64.5 Å². The molecule has 0 fully saturated rings. The van der Waals surface area contributed by atoms with Crippen molar-refractivity contribution in [2.45, 2.75) is 12.1 Å². The van der Waals surface area contributed by atoms with Crippen LogP contribution in [0.3, 0.4) is 0 Å². The third-order valence-electron chi connectivity index (χ3n) is 4.28. The summed E-state index contributed by atoms with van der Waals surface area (Å²) >= 11 is 2.39. The summed E-state index contributed by atoms with van der Waals surface area (Å²) in [5, 5.41) is 3.53. The Labute approximate surface area is 191 Å². The molecule has 0 atom stereocenters. The molecule has 4 rings (SSSR count). The lowest BCUT2D eigenvalue weighted by molar-refractivity contribution is -0.113. The largest absolute Gasteiger partial charge is 0.462 e. The highest BCUT2D eigenvalue weighted by Gasteiger charge is 2.13. The number of thiazole rings is 1. The molecule has 4 aromatic rings. The van der Waals surface area contributed by atoms with Gasteiger partial charge in [0.1, 0.15) is 0 Å². The lowest BCUT2D eigenvalue weighted by Crippen LogP contribution is -2.15. The highest BCUT2D eigenvalue weighted by molar-refractivity contribution is 7.99. The Morgan fingerprint density at radius 2 is 1.94 bits per heavy atom. The van der Waals surface area contributed by atoms with Crippen LogP contribution in [0.5, 0.6) is 0 Å². The highest BCUT2D eigenvalue weighted by Crippen LogP contribution is 2.27. The molecule has 0 saturated carbocycles. The fraction of sp³-hybridized carbons (Fsp3) is 0.136. The number of carbonyl (C=O) groups excluding carboxylic acids is 2. The topological polar surface area (TPSA) is 114 Å². The van der Waals surface area contributed by atoms with Gasteiger partial charge in [-0.1, -0.05) is 53.4 Å². The molecule has 2 N–H and O–H groups in total. The van der Waals surface area contributed by atoms with Gasteiger partial charge in [0.25, 0.3) is 5.56 Å². The maximum absolute atomic E-state index is 12.4. The van der Waals surface area contributed by atoms with Crippen molar-refractivity contribution >= 4 is 50.3 Å². The lowest BCUT2D eigenvalue weighted by atomic mass is 10.1. The van der Waals surface area contributed by atoms with Crippen molar-refractivity contribution in [1.29, 1.82) is 0 Å². The van der Waals surface area contributed by atoms with Crippen molar-refractivity contribution in [3.63, 3.8) is 0 Å². The van der Waals surface area contributed by atoms with E-state index >= 15 is 0 Å². The van der Waals surface area contributed by atoms with Crippen molar-refractivity contribution in [2.75, 3.05) is 17.7 Å². The second-order valence-corrected chi connectivity index (χ2v) is 8.56. The number of hydrogen-bond donors (Lipinski definition) is 2. The zero-order valence-corrected chi connectivity index (χ0v) is 18.6. The molecule has 32 heavy (non-hydrogen) atoms. The molecule has 2 heterocycles. The van der Waals surface area contributed by atoms with Crippen LogP contribution in [0, 0.1) is 0 Å². The number of H-pyrrole nitrogens is 1. The summed E-state index contributed by atoms with van der Waals surface area (Å²) in [5.41, 5.74) is 2.19. The molecule has 162 valence electrons. The summed E-state index contributed by atoms with van der Waals surface area (Å²) in [6, 6.07) is 15.8. The Morgan fingerprint density at radius 1 is 1.12 bits per heavy atom. The molecule has 10 heteroatoms. The molecule has 0 aliphatic carbocycles. The van der Waals surface area contributed by atoms with E-state index in [1.807, 2.05) is 30.3 Å². The van der Waals surface area contributed by atoms with Gasteiger partial charge in [0.05, 0.1) is 33.8 Å². The maximum Gasteiger partial charge on any atom is 0.338 e. The van der Waals surface area contributed by atoms with Gasteiger partial charge in [-0.3, -0.25) is 9.59 Å². The molecule has 0 aliphatic heterocycles. The van der Waals surface area contributed by atoms with Crippen molar-refractivity contribution in [3.8, 4) is 11.3 Å². The first kappa shape index (κ1) is 21.7. The predicted molar refractivity (Wildman–Crippen MR) is 125 cm³/mol. The van der Waals surface area contributed by atoms with Crippen molar-refractivity contribution in [3.05, 3.63) is 70.5 Å². The molecule has 0 spiro atoms. The first-order valence-corrected chi connectivity index (χ1v) is 11.5. The molecular formula is C22H18N4O4S2. The fourth-order valence-electron chi connectivity index (χ4n) is 2.87. The average Bonchev–Trinajstić information content (AvgIpc) is 3.19. The third kappa shape index (κ3) is 5.21. The summed E-state index contributed by atoms with van der Waals surface area (Å²) in [7, 11) is 0. The Hall–Kier alpha value is -3.50. The van der Waals surface area contributed by atoms with Crippen molar-refractivity contribution in [1.82, 2.24) is 15.0 Å². The first-order chi connectivity index (χ1) is 15.5. The number of benzene rings is 2. The van der Waals surface area contributed by atoms with Crippen molar-refractivity contribution < 1.29 is 14.3 Å². The number of esters is 1. The first-order valence-electron chi connectivity index (χ1n) is 9.69. The summed E-state index contributed by atoms with van der Waals surface area (Å²) in [6.07, 6.45) is 0. The number of amides is 1. The van der Waals surface area contributed by atoms with Gasteiger partial charge in [0, 0.05) is 11.6 Å². The molecular weight excluding hydrogens is 448 g/mol. The molecule has 0 radical (unpaired) electrons. The van der Waals surface area contributed by atoms with Gasteiger partial charge in [-0.15, -0.1) is 0 Å². The quantitative estimate of drug-likeness (QED) is 0.241. The second-order valence-electron chi connectivity index (χ2n) is 6.56. The van der Waals surface area contributed by atoms with Crippen LogP contribution in [-0.4, -0.2) is 39.2 Å². The van der Waals surface area contributed by atoms with Crippen LogP contribution in [0.2, 0.25) is 0 Å². The molecule has 2 aromatic carbocycles. The van der Waals surface area contributed by atoms with Crippen LogP contribution in [0.4, 0.5) is 5.13 Å². The average molecular weight is 467 g/mol. The molecule has 0 bridgehead atoms. The Kier molecular flexibility index (Phi) is 6.62. The molecule has 0 saturated heterocycles. The summed E-state index contributed by atoms with van der Waals surface area (Å²) in [4.78, 5) is 47.7. The Balaban J connectivity index is 1.42. The van der Waals surface area contributed by atoms with Crippen LogP contribution in [0.1, 0.15) is 17.3 Å². The highest BCUT2D eigenvalue weighted by atomic mass is 32.2. The number of aromatic amines is 1. The van der Waals surface area contributed by atoms with E-state index in [4.69, 9.17) is 4.74 Å². The monoisotopic (exact) mass is 466 g/mol. The van der Waals surface area contributed by atoms with E-state index in [-0.39, 0.29) is 17.2 Å². The number of ether oxygens (including phenoxy) is 1. The number of nitrogens with zero attached hydrogens (tertiary/aromatic N) is 2. The summed E-state index contributed by atoms with van der Waals surface area (Å²) in [5.74, 6) is -0.637. The Morgan fingerprint density at radius 3 is 2.72 bits per heavy atom. The van der Waals surface area contributed by atoms with E-state index in [0.29, 0.717) is 33.7 Å². The van der Waals surface area contributed by atoms with Crippen molar-refractivity contribution in [2.24, 2.45) is 0 Å². The number of fused-ring (bicyclic) bond motifs is 1. The van der Waals surface area contributed by atoms with E-state index in [2.05, 4.69) is 20.3 Å². The van der Waals surface area contributed by atoms with Gasteiger partial charge >= 0.3 is 5.97 Å². The van der Waals surface area contributed by atoms with Gasteiger partial charge in [0.2, 0.25) is 5.91 Å². The number of thioether (sulfide) groups is 1. The minimum atomic E-state index is -0.399. The zero-order valence-electron chi connectivity index (χ0n) is 17.0. The van der Waals surface area contributed by atoms with Gasteiger partial charge in [-0.25, -0.2) is 14.8 Å². The van der Waals surface area contributed by atoms with Crippen LogP contribution in [-0.2, 0) is 9.53 Å². The Bertz CT molecular complexity index is 1330. The summed E-state index contributed by atoms with van der Waals surface area (Å²) < 4.78 is 5.77. The predicted octanol–water partition coefficient (Wildman–Crippen LogP) is 3.95. The van der Waals surface area contributed by atoms with Gasteiger partial charge in [-0.05, 0) is 25.1 Å². The minimum absolute atomic E-state index is 0.0468. The van der Waals surface area contributed by atoms with Gasteiger partial charge in [0.15, 0.2) is 10.3 Å². The van der Waals surface area contributed by atoms with Crippen LogP contribution in [0.25, 0.3) is 21.5 Å². The SMILES string of the molecule is CCOC(=O)c1ccc2nc(NC(=O)CSc3nc(-c4ccccc4)cc(=O)[nH]3)sc2c1. The molecule has 0 unspecified atom stereocenters. The normalized spacial score (nSPS) is 10.8. The van der Waals surface area contributed by atoms with E-state index in [1.54, 1.807) is 25.1 Å². The molecule has 1 amide bonds. The fourth-order valence-corrected chi connectivity index (χ4v) is 4.47. The van der Waals surface area contributed by atoms with Crippen LogP contribution >= 0.6 is 23.1 Å². The smallest absolute Gasteiger partial charge is 0.338 e. The molecule has 2 aromatic heterocycles. The molecule has 8 nitrogen and oxygen atoms in total. The van der Waals surface area contributed by atoms with E-state index in [1.165, 1.54) is 17.4 Å². The lowest BCUT2D eigenvalue weighted by Gasteiger charge is -2.04. The van der Waals surface area contributed by atoms with E-state index in [0.717, 1.165) is 22.0 Å². The van der Waals surface area contributed by atoms with Gasteiger partial charge in [-0.2, -0.15) is 0 Å². The van der Waals surface area contributed by atoms with Gasteiger partial charge < -0.3 is 15.0 Å². The van der Waals surface area contributed by atoms with E-state index < -0.39 is 5.97 Å². The second kappa shape index (κ2) is 9.75. The minimum Gasteiger partial charge on any atom is -0.462 e. The van der Waals surface area contributed by atoms with E-state index in [9.17, 15) is 14.4 Å². The number of aromatic nitrogens is 3.